The molecule has 1 saturated heterocycles. The first-order chi connectivity index (χ1) is 8.00. The molecule has 0 aromatic carbocycles. The molecule has 2 heterocycles. The Morgan fingerprint density at radius 2 is 2.00 bits per heavy atom. The monoisotopic (exact) mass is 271 g/mol. The van der Waals surface area contributed by atoms with Crippen molar-refractivity contribution >= 4 is 29.4 Å². The summed E-state index contributed by atoms with van der Waals surface area (Å²) in [5.41, 5.74) is 0.993. The number of hydrogen-bond donors (Lipinski definition) is 0. The van der Waals surface area contributed by atoms with Crippen molar-refractivity contribution in [1.29, 1.82) is 0 Å². The first-order valence-corrected chi connectivity index (χ1v) is 8.35. The van der Waals surface area contributed by atoms with Crippen LogP contribution in [0.1, 0.15) is 33.6 Å². The Hall–Kier alpha value is -0.0900. The topological polar surface area (TPSA) is 20.3 Å². The molecule has 0 aliphatic carbocycles. The van der Waals surface area contributed by atoms with E-state index in [9.17, 15) is 4.79 Å². The number of thioether (sulfide) groups is 2. The third-order valence-corrected chi connectivity index (χ3v) is 5.93. The van der Waals surface area contributed by atoms with Crippen molar-refractivity contribution in [2.24, 2.45) is 5.41 Å². The summed E-state index contributed by atoms with van der Waals surface area (Å²) in [6, 6.07) is 0. The number of carbonyl (C=O) groups is 1. The average molecular weight is 271 g/mol. The van der Waals surface area contributed by atoms with Crippen LogP contribution >= 0.6 is 23.5 Å². The normalized spacial score (nSPS) is 22.8. The second-order valence-corrected chi connectivity index (χ2v) is 8.28. The van der Waals surface area contributed by atoms with Gasteiger partial charge < -0.3 is 4.90 Å². The Morgan fingerprint density at radius 3 is 2.59 bits per heavy atom. The minimum absolute atomic E-state index is 0.270. The largest absolute Gasteiger partial charge is 0.314 e. The van der Waals surface area contributed by atoms with Crippen molar-refractivity contribution in [3.05, 3.63) is 11.8 Å². The van der Waals surface area contributed by atoms with E-state index in [0.29, 0.717) is 4.58 Å². The molecule has 4 heteroatoms. The molecule has 1 amide bonds. The predicted molar refractivity (Wildman–Crippen MR) is 77.2 cm³/mol. The molecule has 0 aromatic rings. The van der Waals surface area contributed by atoms with Gasteiger partial charge in [0.15, 0.2) is 0 Å². The molecule has 0 N–H and O–H groups in total. The van der Waals surface area contributed by atoms with Crippen LogP contribution < -0.4 is 0 Å². The van der Waals surface area contributed by atoms with E-state index in [2.05, 4.69) is 6.08 Å². The molecule has 0 unspecified atom stereocenters. The Labute approximate surface area is 113 Å². The number of amides is 1. The van der Waals surface area contributed by atoms with Gasteiger partial charge in [-0.15, -0.1) is 23.5 Å². The van der Waals surface area contributed by atoms with Crippen LogP contribution in [0, 0.1) is 5.41 Å². The highest BCUT2D eigenvalue weighted by Gasteiger charge is 2.34. The van der Waals surface area contributed by atoms with Gasteiger partial charge in [-0.3, -0.25) is 4.79 Å². The summed E-state index contributed by atoms with van der Waals surface area (Å²) in [6.07, 6.45) is 4.58. The molecule has 0 aromatic heterocycles. The van der Waals surface area contributed by atoms with Crippen LogP contribution in [0.25, 0.3) is 0 Å². The number of nitrogens with zero attached hydrogens (tertiary/aromatic N) is 1. The molecule has 2 aliphatic heterocycles. The van der Waals surface area contributed by atoms with E-state index in [1.165, 1.54) is 23.6 Å². The van der Waals surface area contributed by atoms with E-state index in [4.69, 9.17) is 0 Å². The van der Waals surface area contributed by atoms with Crippen molar-refractivity contribution in [3.63, 3.8) is 0 Å². The van der Waals surface area contributed by atoms with Crippen LogP contribution in [-0.4, -0.2) is 33.4 Å². The Kier molecular flexibility index (Phi) is 4.14. The van der Waals surface area contributed by atoms with Crippen molar-refractivity contribution in [1.82, 2.24) is 4.90 Å². The lowest BCUT2D eigenvalue weighted by Gasteiger charge is -2.32. The minimum atomic E-state index is -0.270. The maximum atomic E-state index is 12.4. The van der Waals surface area contributed by atoms with Gasteiger partial charge in [-0.25, -0.2) is 0 Å². The quantitative estimate of drug-likeness (QED) is 0.729. The van der Waals surface area contributed by atoms with Crippen molar-refractivity contribution in [2.75, 3.05) is 18.1 Å². The number of hydrogen-bond acceptors (Lipinski definition) is 3. The van der Waals surface area contributed by atoms with Gasteiger partial charge in [0.1, 0.15) is 0 Å². The zero-order valence-electron chi connectivity index (χ0n) is 10.9. The predicted octanol–water partition coefficient (Wildman–Crippen LogP) is 3.34. The second-order valence-electron chi connectivity index (χ2n) is 5.55. The second kappa shape index (κ2) is 5.27. The molecular formula is C13H21NOS2. The van der Waals surface area contributed by atoms with Gasteiger partial charge in [0.2, 0.25) is 5.91 Å². The zero-order chi connectivity index (χ0) is 12.5. The molecule has 2 rings (SSSR count). The number of carbonyl (C=O) groups excluding carboxylic acids is 1. The first kappa shape index (κ1) is 13.3. The average Bonchev–Trinajstić information content (AvgIpc) is 2.76. The van der Waals surface area contributed by atoms with Crippen molar-refractivity contribution < 1.29 is 4.79 Å². The fourth-order valence-corrected chi connectivity index (χ4v) is 5.07. The van der Waals surface area contributed by atoms with E-state index in [1.807, 2.05) is 49.2 Å². The summed E-state index contributed by atoms with van der Waals surface area (Å²) < 4.78 is 0.484. The zero-order valence-corrected chi connectivity index (χ0v) is 12.5. The SMILES string of the molecule is CC(C)(C)C(=O)N1CCC=C1C1SCCCS1. The third-order valence-electron chi connectivity index (χ3n) is 2.97. The summed E-state index contributed by atoms with van der Waals surface area (Å²) in [7, 11) is 0. The van der Waals surface area contributed by atoms with E-state index in [-0.39, 0.29) is 11.3 Å². The van der Waals surface area contributed by atoms with Gasteiger partial charge in [-0.1, -0.05) is 26.8 Å². The van der Waals surface area contributed by atoms with Crippen LogP contribution in [0.5, 0.6) is 0 Å². The molecule has 1 fully saturated rings. The van der Waals surface area contributed by atoms with Crippen LogP contribution in [0.15, 0.2) is 11.8 Å². The first-order valence-electron chi connectivity index (χ1n) is 6.25. The molecule has 2 nitrogen and oxygen atoms in total. The Bertz CT molecular complexity index is 327. The molecule has 96 valence electrons. The standard InChI is InChI=1S/C13H21NOS2/c1-13(2,3)12(15)14-7-4-6-10(14)11-16-8-5-9-17-11/h6,11H,4-5,7-9H2,1-3H3. The summed E-state index contributed by atoms with van der Waals surface area (Å²) >= 11 is 3.99. The Morgan fingerprint density at radius 1 is 1.35 bits per heavy atom. The molecular weight excluding hydrogens is 250 g/mol. The highest BCUT2D eigenvalue weighted by molar-refractivity contribution is 8.17. The minimum Gasteiger partial charge on any atom is -0.314 e. The van der Waals surface area contributed by atoms with Gasteiger partial charge in [0.25, 0.3) is 0 Å². The van der Waals surface area contributed by atoms with E-state index in [1.54, 1.807) is 0 Å². The molecule has 0 radical (unpaired) electrons. The lowest BCUT2D eigenvalue weighted by Crippen LogP contribution is -2.39. The molecule has 2 aliphatic rings. The fraction of sp³-hybridized carbons (Fsp3) is 0.769. The van der Waals surface area contributed by atoms with Gasteiger partial charge in [-0.05, 0) is 24.3 Å². The van der Waals surface area contributed by atoms with E-state index >= 15 is 0 Å². The molecule has 0 spiro atoms. The molecule has 0 saturated carbocycles. The van der Waals surface area contributed by atoms with Gasteiger partial charge >= 0.3 is 0 Å². The van der Waals surface area contributed by atoms with Crippen LogP contribution in [-0.2, 0) is 4.79 Å². The summed E-state index contributed by atoms with van der Waals surface area (Å²) in [5.74, 6) is 2.73. The molecule has 0 bridgehead atoms. The number of rotatable bonds is 1. The van der Waals surface area contributed by atoms with Gasteiger partial charge in [0, 0.05) is 17.7 Å². The highest BCUT2D eigenvalue weighted by Crippen LogP contribution is 2.40. The summed E-state index contributed by atoms with van der Waals surface area (Å²) in [4.78, 5) is 14.4. The molecule has 17 heavy (non-hydrogen) atoms. The fourth-order valence-electron chi connectivity index (χ4n) is 2.09. The lowest BCUT2D eigenvalue weighted by molar-refractivity contribution is -0.136. The van der Waals surface area contributed by atoms with E-state index < -0.39 is 0 Å². The molecule has 0 atom stereocenters. The maximum Gasteiger partial charge on any atom is 0.232 e. The van der Waals surface area contributed by atoms with Gasteiger partial charge in [0.05, 0.1) is 4.58 Å². The summed E-state index contributed by atoms with van der Waals surface area (Å²) in [5, 5.41) is 0. The van der Waals surface area contributed by atoms with Crippen molar-refractivity contribution in [3.8, 4) is 0 Å². The van der Waals surface area contributed by atoms with Crippen LogP contribution in [0.4, 0.5) is 0 Å². The van der Waals surface area contributed by atoms with Gasteiger partial charge in [-0.2, -0.15) is 0 Å². The Balaban J connectivity index is 2.09. The third kappa shape index (κ3) is 3.02. The van der Waals surface area contributed by atoms with E-state index in [0.717, 1.165) is 13.0 Å². The van der Waals surface area contributed by atoms with Crippen molar-refractivity contribution in [2.45, 2.75) is 38.2 Å². The van der Waals surface area contributed by atoms with Crippen LogP contribution in [0.2, 0.25) is 0 Å². The lowest BCUT2D eigenvalue weighted by atomic mass is 9.95. The maximum absolute atomic E-state index is 12.4. The van der Waals surface area contributed by atoms with Crippen LogP contribution in [0.3, 0.4) is 0 Å². The smallest absolute Gasteiger partial charge is 0.232 e. The summed E-state index contributed by atoms with van der Waals surface area (Å²) in [6.45, 7) is 6.90. The highest BCUT2D eigenvalue weighted by atomic mass is 32.2.